The van der Waals surface area contributed by atoms with Gasteiger partial charge in [0, 0.05) is 10.0 Å². The first kappa shape index (κ1) is 8.47. The lowest BCUT2D eigenvalue weighted by Gasteiger charge is -2.03. The molecule has 0 amide bonds. The summed E-state index contributed by atoms with van der Waals surface area (Å²) in [6.45, 7) is 3.94. The van der Waals surface area contributed by atoms with Gasteiger partial charge in [-0.2, -0.15) is 0 Å². The summed E-state index contributed by atoms with van der Waals surface area (Å²) in [4.78, 5) is 10.5. The van der Waals surface area contributed by atoms with Crippen molar-refractivity contribution in [3.8, 4) is 0 Å². The van der Waals surface area contributed by atoms with Crippen molar-refractivity contribution < 1.29 is 4.79 Å². The topological polar surface area (TPSA) is 17.1 Å². The first-order chi connectivity index (χ1) is 5.16. The molecule has 0 bridgehead atoms. The first-order valence-corrected chi connectivity index (χ1v) is 4.17. The Bertz CT molecular complexity index is 292. The molecule has 0 saturated heterocycles. The van der Waals surface area contributed by atoms with Gasteiger partial charge in [-0.3, -0.25) is 4.79 Å². The van der Waals surface area contributed by atoms with Gasteiger partial charge < -0.3 is 0 Å². The predicted octanol–water partition coefficient (Wildman–Crippen LogP) is 2.88. The number of carbonyl (C=O) groups excluding carboxylic acids is 1. The van der Waals surface area contributed by atoms with Crippen LogP contribution < -0.4 is 0 Å². The third-order valence-corrected chi connectivity index (χ3v) is 2.97. The molecule has 0 aliphatic carbocycles. The Labute approximate surface area is 74.6 Å². The van der Waals surface area contributed by atoms with Crippen molar-refractivity contribution in [3.63, 3.8) is 0 Å². The monoisotopic (exact) mass is 212 g/mol. The van der Waals surface area contributed by atoms with Crippen LogP contribution in [0.3, 0.4) is 0 Å². The molecule has 0 aliphatic rings. The number of hydrogen-bond acceptors (Lipinski definition) is 1. The lowest BCUT2D eigenvalue weighted by atomic mass is 10.1. The van der Waals surface area contributed by atoms with Crippen LogP contribution in [0.4, 0.5) is 0 Å². The minimum atomic E-state index is 0.752. The number of hydrogen-bond donors (Lipinski definition) is 0. The van der Waals surface area contributed by atoms with Crippen LogP contribution in [-0.2, 0) is 0 Å². The highest BCUT2D eigenvalue weighted by Gasteiger charge is 2.02. The molecule has 0 aliphatic heterocycles. The van der Waals surface area contributed by atoms with Crippen LogP contribution in [0.2, 0.25) is 0 Å². The van der Waals surface area contributed by atoms with Crippen molar-refractivity contribution in [1.82, 2.24) is 0 Å². The minimum absolute atomic E-state index is 0.752. The van der Waals surface area contributed by atoms with Gasteiger partial charge in [-0.15, -0.1) is 0 Å². The quantitative estimate of drug-likeness (QED) is 0.655. The third-order valence-electron chi connectivity index (χ3n) is 1.75. The fourth-order valence-corrected chi connectivity index (χ4v) is 1.32. The second kappa shape index (κ2) is 3.18. The van der Waals surface area contributed by atoms with Gasteiger partial charge in [0.2, 0.25) is 0 Å². The molecular weight excluding hydrogens is 204 g/mol. The molecule has 58 valence electrons. The van der Waals surface area contributed by atoms with E-state index in [4.69, 9.17) is 0 Å². The minimum Gasteiger partial charge on any atom is -0.298 e. The van der Waals surface area contributed by atoms with E-state index in [1.807, 2.05) is 26.0 Å². The maximum Gasteiger partial charge on any atom is 0.150 e. The molecule has 0 spiro atoms. The SMILES string of the molecule is Cc1ccc(C=O)c(C)c1Br. The summed E-state index contributed by atoms with van der Waals surface area (Å²) in [5.41, 5.74) is 2.93. The van der Waals surface area contributed by atoms with Crippen molar-refractivity contribution in [2.24, 2.45) is 0 Å². The fourth-order valence-electron chi connectivity index (χ4n) is 0.963. The van der Waals surface area contributed by atoms with Crippen LogP contribution >= 0.6 is 15.9 Å². The van der Waals surface area contributed by atoms with E-state index in [-0.39, 0.29) is 0 Å². The maximum atomic E-state index is 10.5. The highest BCUT2D eigenvalue weighted by atomic mass is 79.9. The molecule has 0 atom stereocenters. The molecule has 1 nitrogen and oxygen atoms in total. The van der Waals surface area contributed by atoms with Crippen LogP contribution in [0.5, 0.6) is 0 Å². The zero-order chi connectivity index (χ0) is 8.43. The summed E-state index contributed by atoms with van der Waals surface area (Å²) >= 11 is 3.41. The number of halogens is 1. The molecule has 1 rings (SSSR count). The average Bonchev–Trinajstić information content (AvgIpc) is 2.01. The van der Waals surface area contributed by atoms with Gasteiger partial charge in [-0.25, -0.2) is 0 Å². The van der Waals surface area contributed by atoms with E-state index in [1.165, 1.54) is 0 Å². The molecule has 11 heavy (non-hydrogen) atoms. The average molecular weight is 213 g/mol. The lowest BCUT2D eigenvalue weighted by Crippen LogP contribution is -1.89. The second-order valence-corrected chi connectivity index (χ2v) is 3.32. The van der Waals surface area contributed by atoms with E-state index in [0.717, 1.165) is 27.4 Å². The van der Waals surface area contributed by atoms with Crippen LogP contribution in [0.15, 0.2) is 16.6 Å². The second-order valence-electron chi connectivity index (χ2n) is 2.53. The van der Waals surface area contributed by atoms with E-state index in [9.17, 15) is 4.79 Å². The van der Waals surface area contributed by atoms with Crippen LogP contribution in [0, 0.1) is 13.8 Å². The van der Waals surface area contributed by atoms with Crippen molar-refractivity contribution in [2.75, 3.05) is 0 Å². The van der Waals surface area contributed by atoms with Crippen LogP contribution in [0.1, 0.15) is 21.5 Å². The van der Waals surface area contributed by atoms with Gasteiger partial charge in [0.05, 0.1) is 0 Å². The fraction of sp³-hybridized carbons (Fsp3) is 0.222. The maximum absolute atomic E-state index is 10.5. The van der Waals surface area contributed by atoms with E-state index in [2.05, 4.69) is 15.9 Å². The molecule has 0 radical (unpaired) electrons. The Morgan fingerprint density at radius 3 is 2.55 bits per heavy atom. The lowest BCUT2D eigenvalue weighted by molar-refractivity contribution is 0.112. The van der Waals surface area contributed by atoms with E-state index < -0.39 is 0 Å². The third kappa shape index (κ3) is 1.51. The number of benzene rings is 1. The summed E-state index contributed by atoms with van der Waals surface area (Å²) in [6.07, 6.45) is 0.875. The Hall–Kier alpha value is -0.630. The van der Waals surface area contributed by atoms with Crippen LogP contribution in [-0.4, -0.2) is 6.29 Å². The Morgan fingerprint density at radius 1 is 1.36 bits per heavy atom. The molecule has 0 unspecified atom stereocenters. The highest BCUT2D eigenvalue weighted by Crippen LogP contribution is 2.22. The highest BCUT2D eigenvalue weighted by molar-refractivity contribution is 9.10. The normalized spacial score (nSPS) is 9.73. The standard InChI is InChI=1S/C9H9BrO/c1-6-3-4-8(5-11)7(2)9(6)10/h3-5H,1-2H3. The molecule has 2 heteroatoms. The summed E-state index contributed by atoms with van der Waals surface area (Å²) in [5.74, 6) is 0. The van der Waals surface area contributed by atoms with Crippen LogP contribution in [0.25, 0.3) is 0 Å². The molecule has 0 heterocycles. The number of aryl methyl sites for hydroxylation is 1. The van der Waals surface area contributed by atoms with Gasteiger partial charge in [-0.1, -0.05) is 28.1 Å². The van der Waals surface area contributed by atoms with Gasteiger partial charge in [0.15, 0.2) is 0 Å². The summed E-state index contributed by atoms with van der Waals surface area (Å²) in [6, 6.07) is 3.77. The number of carbonyl (C=O) groups is 1. The Morgan fingerprint density at radius 2 is 2.00 bits per heavy atom. The predicted molar refractivity (Wildman–Crippen MR) is 49.0 cm³/mol. The van der Waals surface area contributed by atoms with E-state index >= 15 is 0 Å². The Kier molecular flexibility index (Phi) is 2.45. The van der Waals surface area contributed by atoms with Crippen molar-refractivity contribution >= 4 is 22.2 Å². The smallest absolute Gasteiger partial charge is 0.150 e. The van der Waals surface area contributed by atoms with E-state index in [0.29, 0.717) is 0 Å². The summed E-state index contributed by atoms with van der Waals surface area (Å²) in [7, 11) is 0. The number of rotatable bonds is 1. The first-order valence-electron chi connectivity index (χ1n) is 3.37. The van der Waals surface area contributed by atoms with Gasteiger partial charge in [-0.05, 0) is 25.0 Å². The van der Waals surface area contributed by atoms with E-state index in [1.54, 1.807) is 0 Å². The largest absolute Gasteiger partial charge is 0.298 e. The van der Waals surface area contributed by atoms with Crippen molar-refractivity contribution in [3.05, 3.63) is 33.3 Å². The molecule has 0 aromatic heterocycles. The summed E-state index contributed by atoms with van der Waals surface area (Å²) < 4.78 is 1.03. The van der Waals surface area contributed by atoms with Gasteiger partial charge >= 0.3 is 0 Å². The van der Waals surface area contributed by atoms with Gasteiger partial charge in [0.1, 0.15) is 6.29 Å². The molecule has 1 aromatic carbocycles. The molecule has 0 N–H and O–H groups in total. The molecular formula is C9H9BrO. The molecule has 1 aromatic rings. The van der Waals surface area contributed by atoms with Gasteiger partial charge in [0.25, 0.3) is 0 Å². The Balaban J connectivity index is 3.36. The summed E-state index contributed by atoms with van der Waals surface area (Å²) in [5, 5.41) is 0. The molecule has 0 saturated carbocycles. The number of aldehydes is 1. The zero-order valence-electron chi connectivity index (χ0n) is 6.52. The van der Waals surface area contributed by atoms with Crippen molar-refractivity contribution in [2.45, 2.75) is 13.8 Å². The zero-order valence-corrected chi connectivity index (χ0v) is 8.10. The molecule has 0 fully saturated rings. The van der Waals surface area contributed by atoms with Crippen molar-refractivity contribution in [1.29, 1.82) is 0 Å².